The Bertz CT molecular complexity index is 673. The number of nitrogens with two attached hydrogens (primary N) is 1. The Hall–Kier alpha value is -1.97. The maximum Gasteiger partial charge on any atom is 0.282 e. The summed E-state index contributed by atoms with van der Waals surface area (Å²) in [5, 5.41) is 6.71. The van der Waals surface area contributed by atoms with E-state index in [9.17, 15) is 18.0 Å². The molecule has 1 aromatic carbocycles. The van der Waals surface area contributed by atoms with Gasteiger partial charge < -0.3 is 16.0 Å². The molecule has 0 saturated carbocycles. The maximum absolute atomic E-state index is 12.1. The average molecular weight is 343 g/mol. The highest BCUT2D eigenvalue weighted by Gasteiger charge is 2.20. The van der Waals surface area contributed by atoms with Crippen LogP contribution >= 0.6 is 0 Å². The predicted octanol–water partition coefficient (Wildman–Crippen LogP) is -1.43. The minimum Gasteiger partial charge on any atom is -0.354 e. The van der Waals surface area contributed by atoms with Crippen molar-refractivity contribution in [2.45, 2.75) is 17.9 Å². The lowest BCUT2D eigenvalue weighted by Crippen LogP contribution is -2.93. The Kier molecular flexibility index (Phi) is 6.67. The van der Waals surface area contributed by atoms with E-state index >= 15 is 0 Å². The summed E-state index contributed by atoms with van der Waals surface area (Å²) in [6.07, 6.45) is 0. The topological polar surface area (TPSA) is 112 Å². The summed E-state index contributed by atoms with van der Waals surface area (Å²) >= 11 is 0. The lowest BCUT2D eigenvalue weighted by Gasteiger charge is -2.14. The van der Waals surface area contributed by atoms with Gasteiger partial charge >= 0.3 is 0 Å². The number of quaternary nitrogens is 1. The number of hydrogen-bond donors (Lipinski definition) is 3. The fourth-order valence-electron chi connectivity index (χ4n) is 1.69. The molecule has 1 aromatic rings. The summed E-state index contributed by atoms with van der Waals surface area (Å²) in [5.41, 5.74) is 0.387. The quantitative estimate of drug-likeness (QED) is 0.564. The minimum absolute atomic E-state index is 0.0993. The summed E-state index contributed by atoms with van der Waals surface area (Å²) in [7, 11) is 0.848. The lowest BCUT2D eigenvalue weighted by atomic mass is 10.2. The lowest BCUT2D eigenvalue weighted by molar-refractivity contribution is -0.662. The molecule has 23 heavy (non-hydrogen) atoms. The number of carbonyl (C=O) groups excluding carboxylic acids is 2. The SMILES string of the molecule is CNC(=O)C[NH2+][C@H](C)C(=O)Nc1cccc(S(=O)(=O)N(C)C)c1. The van der Waals surface area contributed by atoms with Crippen LogP contribution in [0.3, 0.4) is 0 Å². The molecule has 0 bridgehead atoms. The van der Waals surface area contributed by atoms with Crippen molar-refractivity contribution in [3.63, 3.8) is 0 Å². The van der Waals surface area contributed by atoms with Crippen LogP contribution in [0.1, 0.15) is 6.92 Å². The van der Waals surface area contributed by atoms with Crippen molar-refractivity contribution in [3.05, 3.63) is 24.3 Å². The van der Waals surface area contributed by atoms with Gasteiger partial charge in [0.25, 0.3) is 11.8 Å². The molecular weight excluding hydrogens is 320 g/mol. The maximum atomic E-state index is 12.1. The Balaban J connectivity index is 2.78. The first kappa shape index (κ1) is 19.1. The van der Waals surface area contributed by atoms with E-state index in [-0.39, 0.29) is 23.3 Å². The molecule has 9 heteroatoms. The highest BCUT2D eigenvalue weighted by Crippen LogP contribution is 2.17. The van der Waals surface area contributed by atoms with Gasteiger partial charge in [0.05, 0.1) is 4.90 Å². The van der Waals surface area contributed by atoms with E-state index in [2.05, 4.69) is 10.6 Å². The van der Waals surface area contributed by atoms with Crippen molar-refractivity contribution in [1.82, 2.24) is 9.62 Å². The molecule has 2 amide bonds. The van der Waals surface area contributed by atoms with E-state index in [1.165, 1.54) is 33.3 Å². The Morgan fingerprint density at radius 3 is 2.52 bits per heavy atom. The molecule has 0 radical (unpaired) electrons. The van der Waals surface area contributed by atoms with E-state index in [4.69, 9.17) is 0 Å². The summed E-state index contributed by atoms with van der Waals surface area (Å²) in [5.74, 6) is -0.489. The van der Waals surface area contributed by atoms with Crippen molar-refractivity contribution in [2.24, 2.45) is 0 Å². The van der Waals surface area contributed by atoms with Crippen LogP contribution in [0.25, 0.3) is 0 Å². The fraction of sp³-hybridized carbons (Fsp3) is 0.429. The van der Waals surface area contributed by atoms with Gasteiger partial charge in [-0.1, -0.05) is 6.07 Å². The molecule has 0 heterocycles. The van der Waals surface area contributed by atoms with E-state index in [0.29, 0.717) is 5.69 Å². The molecule has 0 unspecified atom stereocenters. The Morgan fingerprint density at radius 1 is 1.30 bits per heavy atom. The van der Waals surface area contributed by atoms with Gasteiger partial charge in [-0.05, 0) is 25.1 Å². The number of amides is 2. The van der Waals surface area contributed by atoms with Gasteiger partial charge in [-0.3, -0.25) is 9.59 Å². The van der Waals surface area contributed by atoms with Gasteiger partial charge in [0, 0.05) is 26.8 Å². The summed E-state index contributed by atoms with van der Waals surface area (Å²) in [6.45, 7) is 1.80. The molecule has 1 rings (SSSR count). The van der Waals surface area contributed by atoms with Crippen molar-refractivity contribution in [2.75, 3.05) is 33.0 Å². The number of hydrogen-bond acceptors (Lipinski definition) is 4. The molecule has 0 saturated heterocycles. The molecular formula is C14H23N4O4S+. The third-order valence-corrected chi connectivity index (χ3v) is 5.04. The van der Waals surface area contributed by atoms with Crippen molar-refractivity contribution < 1.29 is 23.3 Å². The monoisotopic (exact) mass is 343 g/mol. The van der Waals surface area contributed by atoms with Crippen LogP contribution in [0, 0.1) is 0 Å². The number of nitrogens with one attached hydrogen (secondary N) is 2. The number of benzene rings is 1. The first-order valence-electron chi connectivity index (χ1n) is 7.06. The van der Waals surface area contributed by atoms with Gasteiger partial charge in [0.1, 0.15) is 0 Å². The number of carbonyl (C=O) groups is 2. The molecule has 0 aliphatic rings. The third-order valence-electron chi connectivity index (χ3n) is 3.23. The number of anilines is 1. The van der Waals surface area contributed by atoms with E-state index in [1.54, 1.807) is 24.4 Å². The molecule has 4 N–H and O–H groups in total. The van der Waals surface area contributed by atoms with Crippen LogP contribution in [0.2, 0.25) is 0 Å². The summed E-state index contributed by atoms with van der Waals surface area (Å²) in [6, 6.07) is 5.55. The van der Waals surface area contributed by atoms with Crippen LogP contribution in [0.15, 0.2) is 29.2 Å². The van der Waals surface area contributed by atoms with Crippen molar-refractivity contribution in [3.8, 4) is 0 Å². The van der Waals surface area contributed by atoms with E-state index < -0.39 is 16.1 Å². The molecule has 0 fully saturated rings. The fourth-order valence-corrected chi connectivity index (χ4v) is 2.64. The molecule has 0 spiro atoms. The van der Waals surface area contributed by atoms with Crippen LogP contribution in [0.5, 0.6) is 0 Å². The second-order valence-corrected chi connectivity index (χ2v) is 7.36. The normalized spacial score (nSPS) is 12.7. The number of nitrogens with zero attached hydrogens (tertiary/aromatic N) is 1. The van der Waals surface area contributed by atoms with E-state index in [0.717, 1.165) is 4.31 Å². The number of rotatable bonds is 7. The summed E-state index contributed by atoms with van der Waals surface area (Å²) < 4.78 is 25.3. The van der Waals surface area contributed by atoms with Crippen LogP contribution in [-0.4, -0.2) is 58.3 Å². The number of likely N-dealkylation sites (N-methyl/N-ethyl adjacent to an activating group) is 1. The zero-order valence-electron chi connectivity index (χ0n) is 13.7. The van der Waals surface area contributed by atoms with Gasteiger partial charge in [-0.15, -0.1) is 0 Å². The van der Waals surface area contributed by atoms with Crippen molar-refractivity contribution in [1.29, 1.82) is 0 Å². The van der Waals surface area contributed by atoms with Crippen molar-refractivity contribution >= 4 is 27.5 Å². The molecule has 8 nitrogen and oxygen atoms in total. The zero-order valence-corrected chi connectivity index (χ0v) is 14.5. The van der Waals surface area contributed by atoms with Gasteiger partial charge in [-0.25, -0.2) is 12.7 Å². The van der Waals surface area contributed by atoms with Gasteiger partial charge in [-0.2, -0.15) is 0 Å². The molecule has 0 aliphatic carbocycles. The largest absolute Gasteiger partial charge is 0.354 e. The highest BCUT2D eigenvalue weighted by molar-refractivity contribution is 7.89. The molecule has 0 aromatic heterocycles. The van der Waals surface area contributed by atoms with Crippen LogP contribution in [0.4, 0.5) is 5.69 Å². The first-order chi connectivity index (χ1) is 10.7. The Labute approximate surface area is 136 Å². The van der Waals surface area contributed by atoms with Gasteiger partial charge in [0.15, 0.2) is 12.6 Å². The predicted molar refractivity (Wildman–Crippen MR) is 86.3 cm³/mol. The van der Waals surface area contributed by atoms with Gasteiger partial charge in [0.2, 0.25) is 10.0 Å². The van der Waals surface area contributed by atoms with Crippen LogP contribution in [-0.2, 0) is 19.6 Å². The molecule has 0 aliphatic heterocycles. The third kappa shape index (κ3) is 5.31. The molecule has 1 atom stereocenters. The number of sulfonamides is 1. The van der Waals surface area contributed by atoms with E-state index in [1.807, 2.05) is 0 Å². The average Bonchev–Trinajstić information content (AvgIpc) is 2.52. The smallest absolute Gasteiger partial charge is 0.282 e. The second kappa shape index (κ2) is 8.04. The standard InChI is InChI=1S/C14H22N4O4S/c1-10(16-9-13(19)15-2)14(20)17-11-6-5-7-12(8-11)23(21,22)18(3)4/h5-8,10,16H,9H2,1-4H3,(H,15,19)(H,17,20)/p+1/t10-/m1/s1. The second-order valence-electron chi connectivity index (χ2n) is 5.21. The summed E-state index contributed by atoms with van der Waals surface area (Å²) in [4.78, 5) is 23.3. The zero-order chi connectivity index (χ0) is 17.6. The first-order valence-corrected chi connectivity index (χ1v) is 8.50. The van der Waals surface area contributed by atoms with Crippen LogP contribution < -0.4 is 16.0 Å². The highest BCUT2D eigenvalue weighted by atomic mass is 32.2. The minimum atomic E-state index is -3.56. The molecule has 128 valence electrons. The Morgan fingerprint density at radius 2 is 1.96 bits per heavy atom.